The van der Waals surface area contributed by atoms with Gasteiger partial charge in [0.1, 0.15) is 6.04 Å². The van der Waals surface area contributed by atoms with Gasteiger partial charge in [-0.05, 0) is 42.2 Å². The van der Waals surface area contributed by atoms with E-state index in [0.717, 1.165) is 5.56 Å². The van der Waals surface area contributed by atoms with Gasteiger partial charge in [-0.1, -0.05) is 11.3 Å². The molecule has 0 radical (unpaired) electrons. The molecule has 0 saturated carbocycles. The predicted octanol–water partition coefficient (Wildman–Crippen LogP) is 1.28. The highest BCUT2D eigenvalue weighted by Gasteiger charge is 2.40. The largest absolute Gasteiger partial charge is 0.351 e. The Balaban J connectivity index is 1.78. The summed E-state index contributed by atoms with van der Waals surface area (Å²) in [6.07, 6.45) is 1.10. The van der Waals surface area contributed by atoms with Gasteiger partial charge in [0.2, 0.25) is 5.91 Å². The lowest BCUT2D eigenvalue weighted by Gasteiger charge is -2.22. The number of rotatable bonds is 5. The van der Waals surface area contributed by atoms with Gasteiger partial charge in [0.15, 0.2) is 4.21 Å². The van der Waals surface area contributed by atoms with Crippen molar-refractivity contribution in [1.29, 1.82) is 0 Å². The van der Waals surface area contributed by atoms with Crippen LogP contribution in [0.2, 0.25) is 0 Å². The van der Waals surface area contributed by atoms with Gasteiger partial charge in [0.25, 0.3) is 10.0 Å². The van der Waals surface area contributed by atoms with Crippen molar-refractivity contribution >= 4 is 38.6 Å². The number of hydrogen-bond acceptors (Lipinski definition) is 6. The number of amides is 1. The van der Waals surface area contributed by atoms with Crippen LogP contribution in [0, 0.1) is 6.92 Å². The standard InChI is InChI=1S/C14H17N3O4S3/c1-9-13(23-14(19)16-9)24(20,21)17-5-2-3-11(17)12(18)15-7-10-4-6-22-8-10/h4,6,8,11H,2-3,5,7H2,1H3,(H,15,18)(H,16,19)/t11-/m0/s1. The lowest BCUT2D eigenvalue weighted by Crippen LogP contribution is -2.45. The molecule has 1 amide bonds. The number of H-pyrrole nitrogens is 1. The second-order valence-corrected chi connectivity index (χ2v) is 9.40. The average molecular weight is 388 g/mol. The minimum Gasteiger partial charge on any atom is -0.351 e. The monoisotopic (exact) mass is 387 g/mol. The van der Waals surface area contributed by atoms with Crippen molar-refractivity contribution < 1.29 is 13.2 Å². The topological polar surface area (TPSA) is 99.3 Å². The van der Waals surface area contributed by atoms with Crippen LogP contribution in [0.1, 0.15) is 24.1 Å². The number of carbonyl (C=O) groups is 1. The second-order valence-electron chi connectivity index (χ2n) is 5.55. The molecule has 130 valence electrons. The Kier molecular flexibility index (Phi) is 4.90. The normalized spacial score (nSPS) is 18.8. The summed E-state index contributed by atoms with van der Waals surface area (Å²) in [7, 11) is -3.85. The Labute approximate surface area is 147 Å². The molecule has 0 bridgehead atoms. The number of aromatic nitrogens is 1. The first-order chi connectivity index (χ1) is 11.4. The maximum atomic E-state index is 12.8. The second kappa shape index (κ2) is 6.79. The summed E-state index contributed by atoms with van der Waals surface area (Å²) in [6.45, 7) is 2.21. The van der Waals surface area contributed by atoms with Gasteiger partial charge in [-0.25, -0.2) is 8.42 Å². The number of thiazole rings is 1. The number of carbonyl (C=O) groups excluding carboxylic acids is 1. The van der Waals surface area contributed by atoms with Crippen LogP contribution in [-0.2, 0) is 21.4 Å². The summed E-state index contributed by atoms with van der Waals surface area (Å²) in [5.41, 5.74) is 1.30. The maximum Gasteiger partial charge on any atom is 0.305 e. The quantitative estimate of drug-likeness (QED) is 0.807. The van der Waals surface area contributed by atoms with E-state index in [1.54, 1.807) is 18.3 Å². The van der Waals surface area contributed by atoms with Crippen LogP contribution in [0.5, 0.6) is 0 Å². The molecule has 2 N–H and O–H groups in total. The molecule has 7 nitrogen and oxygen atoms in total. The molecule has 3 heterocycles. The van der Waals surface area contributed by atoms with Crippen LogP contribution in [0.25, 0.3) is 0 Å². The SMILES string of the molecule is Cc1[nH]c(=O)sc1S(=O)(=O)N1CCC[C@H]1C(=O)NCc1ccsc1. The predicted molar refractivity (Wildman–Crippen MR) is 92.8 cm³/mol. The lowest BCUT2D eigenvalue weighted by molar-refractivity contribution is -0.124. The van der Waals surface area contributed by atoms with Crippen molar-refractivity contribution in [2.24, 2.45) is 0 Å². The molecule has 0 unspecified atom stereocenters. The van der Waals surface area contributed by atoms with E-state index in [2.05, 4.69) is 10.3 Å². The van der Waals surface area contributed by atoms with E-state index >= 15 is 0 Å². The van der Waals surface area contributed by atoms with E-state index in [-0.39, 0.29) is 16.7 Å². The number of nitrogens with zero attached hydrogens (tertiary/aromatic N) is 1. The summed E-state index contributed by atoms with van der Waals surface area (Å²) in [5, 5.41) is 6.65. The van der Waals surface area contributed by atoms with Crippen LogP contribution in [-0.4, -0.2) is 36.2 Å². The molecule has 1 aliphatic rings. The molecule has 1 atom stereocenters. The number of nitrogens with one attached hydrogen (secondary N) is 2. The highest BCUT2D eigenvalue weighted by Crippen LogP contribution is 2.28. The minimum absolute atomic E-state index is 0.00923. The van der Waals surface area contributed by atoms with Gasteiger partial charge >= 0.3 is 4.87 Å². The average Bonchev–Trinajstić information content (AvgIpc) is 3.25. The highest BCUT2D eigenvalue weighted by molar-refractivity contribution is 7.91. The van der Waals surface area contributed by atoms with E-state index in [9.17, 15) is 18.0 Å². The fourth-order valence-electron chi connectivity index (χ4n) is 2.73. The Morgan fingerprint density at radius 3 is 2.92 bits per heavy atom. The molecular formula is C14H17N3O4S3. The Morgan fingerprint density at radius 1 is 1.50 bits per heavy atom. The third-order valence-electron chi connectivity index (χ3n) is 3.88. The number of aryl methyl sites for hydroxylation is 1. The maximum absolute atomic E-state index is 12.8. The lowest BCUT2D eigenvalue weighted by atomic mass is 10.2. The first-order valence-corrected chi connectivity index (χ1v) is 10.6. The number of thiophene rings is 1. The van der Waals surface area contributed by atoms with E-state index in [4.69, 9.17) is 0 Å². The Hall–Kier alpha value is -1.49. The Morgan fingerprint density at radius 2 is 2.29 bits per heavy atom. The van der Waals surface area contributed by atoms with Gasteiger partial charge in [-0.2, -0.15) is 15.6 Å². The van der Waals surface area contributed by atoms with Crippen molar-refractivity contribution in [1.82, 2.24) is 14.6 Å². The van der Waals surface area contributed by atoms with Crippen molar-refractivity contribution in [3.63, 3.8) is 0 Å². The van der Waals surface area contributed by atoms with Crippen LogP contribution in [0.15, 0.2) is 25.8 Å². The molecule has 2 aromatic rings. The van der Waals surface area contributed by atoms with Gasteiger partial charge in [-0.3, -0.25) is 9.59 Å². The van der Waals surface area contributed by atoms with E-state index in [1.807, 2.05) is 16.8 Å². The summed E-state index contributed by atoms with van der Waals surface area (Å²) in [5.74, 6) is -0.303. The highest BCUT2D eigenvalue weighted by atomic mass is 32.2. The van der Waals surface area contributed by atoms with Crippen LogP contribution in [0.3, 0.4) is 0 Å². The number of aromatic amines is 1. The fraction of sp³-hybridized carbons (Fsp3) is 0.429. The zero-order valence-corrected chi connectivity index (χ0v) is 15.4. The van der Waals surface area contributed by atoms with Crippen molar-refractivity contribution in [3.8, 4) is 0 Å². The third kappa shape index (κ3) is 3.32. The smallest absolute Gasteiger partial charge is 0.305 e. The molecule has 2 aromatic heterocycles. The summed E-state index contributed by atoms with van der Waals surface area (Å²) >= 11 is 2.20. The van der Waals surface area contributed by atoms with E-state index in [0.29, 0.717) is 36.4 Å². The number of sulfonamides is 1. The van der Waals surface area contributed by atoms with Gasteiger partial charge in [-0.15, -0.1) is 0 Å². The Bertz CT molecular complexity index is 883. The van der Waals surface area contributed by atoms with Crippen LogP contribution >= 0.6 is 22.7 Å². The molecule has 3 rings (SSSR count). The van der Waals surface area contributed by atoms with Crippen LogP contribution < -0.4 is 10.2 Å². The first-order valence-electron chi connectivity index (χ1n) is 7.40. The van der Waals surface area contributed by atoms with Crippen LogP contribution in [0.4, 0.5) is 0 Å². The van der Waals surface area contributed by atoms with Gasteiger partial charge in [0, 0.05) is 18.8 Å². The molecule has 1 fully saturated rings. The summed E-state index contributed by atoms with van der Waals surface area (Å²) in [4.78, 5) is 25.9. The zero-order chi connectivity index (χ0) is 17.3. The molecule has 0 spiro atoms. The first kappa shape index (κ1) is 17.3. The zero-order valence-electron chi connectivity index (χ0n) is 12.9. The molecule has 10 heteroatoms. The van der Waals surface area contributed by atoms with Gasteiger partial charge < -0.3 is 10.3 Å². The molecule has 0 aromatic carbocycles. The van der Waals surface area contributed by atoms with Crippen molar-refractivity contribution in [3.05, 3.63) is 37.8 Å². The minimum atomic E-state index is -3.85. The molecule has 24 heavy (non-hydrogen) atoms. The number of hydrogen-bond donors (Lipinski definition) is 2. The van der Waals surface area contributed by atoms with Crippen molar-refractivity contribution in [2.45, 2.75) is 36.6 Å². The van der Waals surface area contributed by atoms with Crippen molar-refractivity contribution in [2.75, 3.05) is 6.54 Å². The molecule has 1 aliphatic heterocycles. The summed E-state index contributed by atoms with van der Waals surface area (Å²) in [6, 6.07) is 1.18. The van der Waals surface area contributed by atoms with E-state index in [1.165, 1.54) is 4.31 Å². The van der Waals surface area contributed by atoms with Gasteiger partial charge in [0.05, 0.1) is 0 Å². The fourth-order valence-corrected chi connectivity index (χ4v) is 6.47. The third-order valence-corrected chi connectivity index (χ3v) is 8.10. The molecule has 0 aliphatic carbocycles. The molecule has 1 saturated heterocycles. The van der Waals surface area contributed by atoms with E-state index < -0.39 is 20.9 Å². The molecular weight excluding hydrogens is 370 g/mol. The summed E-state index contributed by atoms with van der Waals surface area (Å²) < 4.78 is 26.8.